The molecule has 1 saturated carbocycles. The van der Waals surface area contributed by atoms with Crippen molar-refractivity contribution in [2.45, 2.75) is 45.1 Å². The van der Waals surface area contributed by atoms with E-state index in [1.165, 1.54) is 25.7 Å². The molecule has 1 aliphatic heterocycles. The number of ether oxygens (including phenoxy) is 2. The van der Waals surface area contributed by atoms with Crippen molar-refractivity contribution < 1.29 is 19.1 Å². The van der Waals surface area contributed by atoms with Crippen LogP contribution in [0.25, 0.3) is 0 Å². The van der Waals surface area contributed by atoms with E-state index in [0.29, 0.717) is 36.1 Å². The topological polar surface area (TPSA) is 76.7 Å². The Bertz CT molecular complexity index is 626. The number of hydrogen-bond acceptors (Lipinski definition) is 4. The maximum Gasteiger partial charge on any atom is 0.262 e. The van der Waals surface area contributed by atoms with Gasteiger partial charge in [-0.2, -0.15) is 0 Å². The predicted molar refractivity (Wildman–Crippen MR) is 94.9 cm³/mol. The van der Waals surface area contributed by atoms with E-state index in [1.807, 2.05) is 6.92 Å². The lowest BCUT2D eigenvalue weighted by atomic mass is 9.98. The van der Waals surface area contributed by atoms with Crippen molar-refractivity contribution in [1.82, 2.24) is 5.32 Å². The van der Waals surface area contributed by atoms with Crippen LogP contribution in [0, 0.1) is 5.92 Å². The van der Waals surface area contributed by atoms with E-state index < -0.39 is 0 Å². The Morgan fingerprint density at radius 3 is 2.96 bits per heavy atom. The standard InChI is InChI=1S/C19H26N2O4/c1-2-24-15(13-6-3-4-7-13)10-11-20-19(23)14-8-5-9-16-18(14)21-17(22)12-25-16/h5,8-9,13,15H,2-4,6-7,10-12H2,1H3,(H,20,23)(H,21,22). The summed E-state index contributed by atoms with van der Waals surface area (Å²) in [7, 11) is 0. The highest BCUT2D eigenvalue weighted by Crippen LogP contribution is 2.32. The van der Waals surface area contributed by atoms with Gasteiger partial charge in [0.05, 0.1) is 17.4 Å². The second-order valence-corrected chi connectivity index (χ2v) is 6.60. The summed E-state index contributed by atoms with van der Waals surface area (Å²) in [6, 6.07) is 5.20. The summed E-state index contributed by atoms with van der Waals surface area (Å²) in [5.41, 5.74) is 0.882. The van der Waals surface area contributed by atoms with Gasteiger partial charge < -0.3 is 20.1 Å². The maximum atomic E-state index is 12.5. The minimum Gasteiger partial charge on any atom is -0.482 e. The molecule has 0 spiro atoms. The summed E-state index contributed by atoms with van der Waals surface area (Å²) in [6.07, 6.45) is 6.00. The van der Waals surface area contributed by atoms with E-state index in [1.54, 1.807) is 18.2 Å². The Balaban J connectivity index is 1.58. The van der Waals surface area contributed by atoms with E-state index in [2.05, 4.69) is 10.6 Å². The highest BCUT2D eigenvalue weighted by atomic mass is 16.5. The molecular formula is C19H26N2O4. The molecule has 6 nitrogen and oxygen atoms in total. The van der Waals surface area contributed by atoms with E-state index >= 15 is 0 Å². The molecule has 1 aromatic rings. The molecule has 2 N–H and O–H groups in total. The lowest BCUT2D eigenvalue weighted by Crippen LogP contribution is -2.32. The van der Waals surface area contributed by atoms with Crippen LogP contribution in [-0.4, -0.2) is 37.7 Å². The van der Waals surface area contributed by atoms with Crippen molar-refractivity contribution in [2.75, 3.05) is 25.1 Å². The number of carbonyl (C=O) groups is 2. The van der Waals surface area contributed by atoms with Crippen molar-refractivity contribution in [2.24, 2.45) is 5.92 Å². The minimum absolute atomic E-state index is 0.0184. The van der Waals surface area contributed by atoms with Crippen molar-refractivity contribution in [3.8, 4) is 5.75 Å². The van der Waals surface area contributed by atoms with Gasteiger partial charge in [-0.25, -0.2) is 0 Å². The maximum absolute atomic E-state index is 12.5. The number of carbonyl (C=O) groups excluding carboxylic acids is 2. The van der Waals surface area contributed by atoms with Gasteiger partial charge in [0.25, 0.3) is 11.8 Å². The molecule has 1 unspecified atom stereocenters. The van der Waals surface area contributed by atoms with Crippen molar-refractivity contribution in [3.05, 3.63) is 23.8 Å². The summed E-state index contributed by atoms with van der Waals surface area (Å²) in [6.45, 7) is 3.25. The Morgan fingerprint density at radius 2 is 2.20 bits per heavy atom. The van der Waals surface area contributed by atoms with Gasteiger partial charge in [0.15, 0.2) is 6.61 Å². The first-order valence-electron chi connectivity index (χ1n) is 9.14. The van der Waals surface area contributed by atoms with Crippen LogP contribution < -0.4 is 15.4 Å². The molecule has 3 rings (SSSR count). The van der Waals surface area contributed by atoms with Crippen LogP contribution >= 0.6 is 0 Å². The fraction of sp³-hybridized carbons (Fsp3) is 0.579. The van der Waals surface area contributed by atoms with Crippen LogP contribution in [0.15, 0.2) is 18.2 Å². The van der Waals surface area contributed by atoms with Crippen molar-refractivity contribution in [1.29, 1.82) is 0 Å². The quantitative estimate of drug-likeness (QED) is 0.796. The average Bonchev–Trinajstić information content (AvgIpc) is 3.14. The Morgan fingerprint density at radius 1 is 1.40 bits per heavy atom. The predicted octanol–water partition coefficient (Wildman–Crippen LogP) is 2.73. The zero-order chi connectivity index (χ0) is 17.6. The average molecular weight is 346 g/mol. The van der Waals surface area contributed by atoms with Gasteiger partial charge >= 0.3 is 0 Å². The lowest BCUT2D eigenvalue weighted by molar-refractivity contribution is -0.118. The number of nitrogens with one attached hydrogen (secondary N) is 2. The summed E-state index contributed by atoms with van der Waals surface area (Å²) in [5.74, 6) is 0.689. The van der Waals surface area contributed by atoms with Crippen LogP contribution in [0.2, 0.25) is 0 Å². The van der Waals surface area contributed by atoms with Gasteiger partial charge in [0.1, 0.15) is 5.75 Å². The molecule has 136 valence electrons. The van der Waals surface area contributed by atoms with Gasteiger partial charge in [0.2, 0.25) is 0 Å². The summed E-state index contributed by atoms with van der Waals surface area (Å²) in [4.78, 5) is 24.1. The zero-order valence-electron chi connectivity index (χ0n) is 14.7. The first kappa shape index (κ1) is 17.7. The van der Waals surface area contributed by atoms with Gasteiger partial charge in [-0.3, -0.25) is 9.59 Å². The van der Waals surface area contributed by atoms with E-state index in [-0.39, 0.29) is 24.5 Å². The first-order chi connectivity index (χ1) is 12.2. The molecule has 1 heterocycles. The molecule has 2 amide bonds. The zero-order valence-corrected chi connectivity index (χ0v) is 14.7. The SMILES string of the molecule is CCOC(CCNC(=O)c1cccc2c1NC(=O)CO2)C1CCCC1. The second-order valence-electron chi connectivity index (χ2n) is 6.60. The van der Waals surface area contributed by atoms with Gasteiger partial charge in [-0.1, -0.05) is 18.9 Å². The third-order valence-electron chi connectivity index (χ3n) is 4.91. The summed E-state index contributed by atoms with van der Waals surface area (Å²) >= 11 is 0. The highest BCUT2D eigenvalue weighted by Gasteiger charge is 2.26. The molecule has 6 heteroatoms. The third-order valence-corrected chi connectivity index (χ3v) is 4.91. The molecule has 1 aliphatic carbocycles. The monoisotopic (exact) mass is 346 g/mol. The Hall–Kier alpha value is -2.08. The number of fused-ring (bicyclic) bond motifs is 1. The van der Waals surface area contributed by atoms with Crippen LogP contribution in [-0.2, 0) is 9.53 Å². The number of benzene rings is 1. The minimum atomic E-state index is -0.245. The molecule has 1 atom stereocenters. The number of amides is 2. The molecule has 0 aromatic heterocycles. The largest absolute Gasteiger partial charge is 0.482 e. The molecular weight excluding hydrogens is 320 g/mol. The van der Waals surface area contributed by atoms with E-state index in [9.17, 15) is 9.59 Å². The highest BCUT2D eigenvalue weighted by molar-refractivity contribution is 6.06. The molecule has 1 fully saturated rings. The van der Waals surface area contributed by atoms with Gasteiger partial charge in [0, 0.05) is 13.2 Å². The number of anilines is 1. The van der Waals surface area contributed by atoms with Crippen LogP contribution in [0.3, 0.4) is 0 Å². The number of para-hydroxylation sites is 1. The van der Waals surface area contributed by atoms with Gasteiger partial charge in [-0.05, 0) is 44.2 Å². The summed E-state index contributed by atoms with van der Waals surface area (Å²) < 4.78 is 11.2. The molecule has 0 saturated heterocycles. The van der Waals surface area contributed by atoms with Crippen molar-refractivity contribution >= 4 is 17.5 Å². The number of hydrogen-bond donors (Lipinski definition) is 2. The third kappa shape index (κ3) is 4.31. The fourth-order valence-electron chi connectivity index (χ4n) is 3.71. The molecule has 2 aliphatic rings. The van der Waals surface area contributed by atoms with Crippen molar-refractivity contribution in [3.63, 3.8) is 0 Å². The molecule has 0 radical (unpaired) electrons. The normalized spacial score (nSPS) is 18.2. The lowest BCUT2D eigenvalue weighted by Gasteiger charge is -2.24. The van der Waals surface area contributed by atoms with E-state index in [4.69, 9.17) is 9.47 Å². The Kier molecular flexibility index (Phi) is 5.91. The molecule has 25 heavy (non-hydrogen) atoms. The Labute approximate surface area is 148 Å². The first-order valence-corrected chi connectivity index (χ1v) is 9.14. The molecule has 0 bridgehead atoms. The second kappa shape index (κ2) is 8.34. The summed E-state index contributed by atoms with van der Waals surface area (Å²) in [5, 5.41) is 5.67. The fourth-order valence-corrected chi connectivity index (χ4v) is 3.71. The number of rotatable bonds is 7. The van der Waals surface area contributed by atoms with Crippen LogP contribution in [0.5, 0.6) is 5.75 Å². The van der Waals surface area contributed by atoms with Crippen LogP contribution in [0.4, 0.5) is 5.69 Å². The van der Waals surface area contributed by atoms with Gasteiger partial charge in [-0.15, -0.1) is 0 Å². The molecule has 1 aromatic carbocycles. The smallest absolute Gasteiger partial charge is 0.262 e. The van der Waals surface area contributed by atoms with E-state index in [0.717, 1.165) is 6.42 Å². The van der Waals surface area contributed by atoms with Crippen LogP contribution in [0.1, 0.15) is 49.4 Å².